The first kappa shape index (κ1) is 14.9. The largest absolute Gasteiger partial charge is 0.235 e. The molecular weight excluding hydrogens is 258 g/mol. The van der Waals surface area contributed by atoms with E-state index in [9.17, 15) is 0 Å². The maximum absolute atomic E-state index is 4.40. The molecule has 0 aliphatic heterocycles. The summed E-state index contributed by atoms with van der Waals surface area (Å²) < 4.78 is 0. The molecule has 0 saturated heterocycles. The van der Waals surface area contributed by atoms with Crippen molar-refractivity contribution >= 4 is 17.3 Å². The molecule has 0 aliphatic carbocycles. The van der Waals surface area contributed by atoms with Gasteiger partial charge in [0.05, 0.1) is 11.2 Å². The Morgan fingerprint density at radius 2 is 1.43 bits per heavy atom. The van der Waals surface area contributed by atoms with E-state index in [0.717, 1.165) is 11.3 Å². The zero-order valence-corrected chi connectivity index (χ0v) is 12.6. The van der Waals surface area contributed by atoms with E-state index in [1.807, 2.05) is 81.4 Å². The molecule has 0 heterocycles. The number of hydrogen-bond acceptors (Lipinski definition) is 3. The van der Waals surface area contributed by atoms with Crippen LogP contribution in [0.5, 0.6) is 0 Å². The van der Waals surface area contributed by atoms with E-state index in [4.69, 9.17) is 0 Å². The minimum Gasteiger partial charge on any atom is -0.235 e. The number of hydrogen-bond donors (Lipinski definition) is 0. The summed E-state index contributed by atoms with van der Waals surface area (Å²) in [7, 11) is 0. The minimum atomic E-state index is -0.192. The average Bonchev–Trinajstić information content (AvgIpc) is 2.48. The van der Waals surface area contributed by atoms with Crippen LogP contribution in [0.1, 0.15) is 26.3 Å². The maximum atomic E-state index is 4.40. The van der Waals surface area contributed by atoms with Crippen molar-refractivity contribution in [3.63, 3.8) is 0 Å². The number of benzene rings is 2. The molecule has 0 amide bonds. The summed E-state index contributed by atoms with van der Waals surface area (Å²) in [6, 6.07) is 19.5. The Morgan fingerprint density at radius 3 is 2.00 bits per heavy atom. The summed E-state index contributed by atoms with van der Waals surface area (Å²) >= 11 is 0. The fraction of sp³-hybridized carbons (Fsp3) is 0.222. The van der Waals surface area contributed by atoms with E-state index < -0.39 is 0 Å². The normalized spacial score (nSPS) is 11.2. The van der Waals surface area contributed by atoms with Crippen LogP contribution in [0.25, 0.3) is 5.70 Å². The van der Waals surface area contributed by atoms with Gasteiger partial charge in [-0.05, 0) is 32.9 Å². The van der Waals surface area contributed by atoms with Gasteiger partial charge in [0.25, 0.3) is 0 Å². The third-order valence-electron chi connectivity index (χ3n) is 2.57. The Morgan fingerprint density at radius 1 is 0.857 bits per heavy atom. The van der Waals surface area contributed by atoms with Gasteiger partial charge in [-0.3, -0.25) is 0 Å². The molecule has 2 rings (SSSR count). The van der Waals surface area contributed by atoms with Crippen molar-refractivity contribution in [2.24, 2.45) is 15.2 Å². The smallest absolute Gasteiger partial charge is 0.153 e. The lowest BCUT2D eigenvalue weighted by molar-refractivity contribution is 0.588. The van der Waals surface area contributed by atoms with Gasteiger partial charge in [-0.2, -0.15) is 0 Å². The fourth-order valence-corrected chi connectivity index (χ4v) is 1.56. The van der Waals surface area contributed by atoms with Gasteiger partial charge in [-0.25, -0.2) is 4.99 Å². The highest BCUT2D eigenvalue weighted by Crippen LogP contribution is 2.18. The van der Waals surface area contributed by atoms with E-state index in [0.29, 0.717) is 5.70 Å². The van der Waals surface area contributed by atoms with Crippen LogP contribution in [-0.2, 0) is 0 Å². The second kappa shape index (κ2) is 6.78. The molecule has 0 saturated carbocycles. The quantitative estimate of drug-likeness (QED) is 0.540. The monoisotopic (exact) mass is 277 g/mol. The first-order valence-corrected chi connectivity index (χ1v) is 6.92. The summed E-state index contributed by atoms with van der Waals surface area (Å²) in [6.45, 7) is 6.07. The average molecular weight is 277 g/mol. The number of nitrogens with zero attached hydrogens (tertiary/aromatic N) is 3. The van der Waals surface area contributed by atoms with Gasteiger partial charge in [-0.15, -0.1) is 10.2 Å². The van der Waals surface area contributed by atoms with Crippen LogP contribution >= 0.6 is 0 Å². The van der Waals surface area contributed by atoms with Crippen LogP contribution in [0.4, 0.5) is 5.69 Å². The Balaban J connectivity index is 2.38. The molecule has 0 aromatic heterocycles. The lowest BCUT2D eigenvalue weighted by Gasteiger charge is -2.08. The van der Waals surface area contributed by atoms with Crippen molar-refractivity contribution in [1.82, 2.24) is 0 Å². The number of azo groups is 1. The SMILES string of the molecule is CC(C)(C)N=C=C(N=Nc1ccccc1)c1ccccc1. The molecule has 3 nitrogen and oxygen atoms in total. The van der Waals surface area contributed by atoms with Crippen molar-refractivity contribution in [2.45, 2.75) is 26.3 Å². The van der Waals surface area contributed by atoms with Crippen LogP contribution < -0.4 is 0 Å². The van der Waals surface area contributed by atoms with E-state index in [1.54, 1.807) is 0 Å². The van der Waals surface area contributed by atoms with Crippen molar-refractivity contribution in [3.8, 4) is 0 Å². The number of rotatable bonds is 3. The Bertz CT molecular complexity index is 659. The molecule has 0 unspecified atom stereocenters. The molecular formula is C18H19N3. The van der Waals surface area contributed by atoms with Crippen molar-refractivity contribution in [1.29, 1.82) is 0 Å². The summed E-state index contributed by atoms with van der Waals surface area (Å²) in [4.78, 5) is 4.40. The van der Waals surface area contributed by atoms with Crippen molar-refractivity contribution < 1.29 is 0 Å². The third kappa shape index (κ3) is 5.17. The summed E-state index contributed by atoms with van der Waals surface area (Å²) in [5.41, 5.74) is 2.20. The summed E-state index contributed by atoms with van der Waals surface area (Å²) in [5, 5.41) is 8.55. The molecule has 0 atom stereocenters. The first-order chi connectivity index (χ1) is 10.0. The second-order valence-corrected chi connectivity index (χ2v) is 5.64. The Hall–Kier alpha value is -2.51. The van der Waals surface area contributed by atoms with Crippen LogP contribution in [0.15, 0.2) is 75.9 Å². The van der Waals surface area contributed by atoms with Gasteiger partial charge in [0.2, 0.25) is 0 Å². The molecule has 0 bridgehead atoms. The predicted molar refractivity (Wildman–Crippen MR) is 88.0 cm³/mol. The lowest BCUT2D eigenvalue weighted by atomic mass is 10.1. The van der Waals surface area contributed by atoms with Gasteiger partial charge in [0, 0.05) is 11.4 Å². The van der Waals surface area contributed by atoms with Gasteiger partial charge in [-0.1, -0.05) is 48.5 Å². The van der Waals surface area contributed by atoms with E-state index >= 15 is 0 Å². The second-order valence-electron chi connectivity index (χ2n) is 5.64. The summed E-state index contributed by atoms with van der Waals surface area (Å²) in [6.07, 6.45) is 0. The van der Waals surface area contributed by atoms with Gasteiger partial charge in [0.15, 0.2) is 5.70 Å². The molecule has 106 valence electrons. The van der Waals surface area contributed by atoms with Gasteiger partial charge in [0.1, 0.15) is 0 Å². The molecule has 0 fully saturated rings. The molecule has 0 spiro atoms. The molecule has 2 aromatic carbocycles. The predicted octanol–water partition coefficient (Wildman–Crippen LogP) is 5.28. The summed E-state index contributed by atoms with van der Waals surface area (Å²) in [5.74, 6) is 3.03. The number of aliphatic imine (C=N–C) groups is 1. The Kier molecular flexibility index (Phi) is 4.81. The van der Waals surface area contributed by atoms with E-state index in [1.165, 1.54) is 0 Å². The van der Waals surface area contributed by atoms with Crippen LogP contribution in [0.3, 0.4) is 0 Å². The van der Waals surface area contributed by atoms with E-state index in [2.05, 4.69) is 21.1 Å². The first-order valence-electron chi connectivity index (χ1n) is 6.92. The highest BCUT2D eigenvalue weighted by molar-refractivity contribution is 5.89. The Labute approximate surface area is 125 Å². The van der Waals surface area contributed by atoms with Crippen LogP contribution in [0, 0.1) is 0 Å². The lowest BCUT2D eigenvalue weighted by Crippen LogP contribution is -2.08. The minimum absolute atomic E-state index is 0.192. The molecule has 21 heavy (non-hydrogen) atoms. The molecule has 0 aliphatic rings. The van der Waals surface area contributed by atoms with Crippen LogP contribution in [-0.4, -0.2) is 11.4 Å². The molecule has 2 aromatic rings. The zero-order valence-electron chi connectivity index (χ0n) is 12.6. The van der Waals surface area contributed by atoms with Gasteiger partial charge >= 0.3 is 0 Å². The fourth-order valence-electron chi connectivity index (χ4n) is 1.56. The van der Waals surface area contributed by atoms with Crippen LogP contribution in [0.2, 0.25) is 0 Å². The molecule has 0 radical (unpaired) electrons. The highest BCUT2D eigenvalue weighted by atomic mass is 15.1. The van der Waals surface area contributed by atoms with Crippen molar-refractivity contribution in [3.05, 3.63) is 66.2 Å². The highest BCUT2D eigenvalue weighted by Gasteiger charge is 2.06. The third-order valence-corrected chi connectivity index (χ3v) is 2.57. The van der Waals surface area contributed by atoms with E-state index in [-0.39, 0.29) is 5.54 Å². The zero-order chi connectivity index (χ0) is 15.1. The topological polar surface area (TPSA) is 37.1 Å². The maximum Gasteiger partial charge on any atom is 0.153 e. The standard InChI is InChI=1S/C18H19N3/c1-18(2,3)19-14-17(15-10-6-4-7-11-15)21-20-16-12-8-5-9-13-16/h4-13H,1-3H3. The van der Waals surface area contributed by atoms with Gasteiger partial charge < -0.3 is 0 Å². The molecule has 3 heteroatoms. The van der Waals surface area contributed by atoms with Crippen molar-refractivity contribution in [2.75, 3.05) is 0 Å². The molecule has 0 N–H and O–H groups in total.